The molecule has 0 heterocycles. The zero-order chi connectivity index (χ0) is 15.0. The van der Waals surface area contributed by atoms with Crippen LogP contribution >= 0.6 is 11.6 Å². The third-order valence-corrected chi connectivity index (χ3v) is 2.86. The lowest BCUT2D eigenvalue weighted by Crippen LogP contribution is -2.28. The summed E-state index contributed by atoms with van der Waals surface area (Å²) in [6, 6.07) is 5.44. The number of nitrogens with one attached hydrogen (secondary N) is 1. The second kappa shape index (κ2) is 8.43. The lowest BCUT2D eigenvalue weighted by atomic mass is 10.1. The third-order valence-electron chi connectivity index (χ3n) is 2.56. The summed E-state index contributed by atoms with van der Waals surface area (Å²) in [6.07, 6.45) is 0.371. The first-order valence-electron chi connectivity index (χ1n) is 6.31. The maximum Gasteiger partial charge on any atom is 0.315 e. The Balaban J connectivity index is 2.35. The van der Waals surface area contributed by atoms with E-state index >= 15 is 0 Å². The lowest BCUT2D eigenvalue weighted by Gasteiger charge is -2.07. The molecule has 20 heavy (non-hydrogen) atoms. The first-order chi connectivity index (χ1) is 9.56. The van der Waals surface area contributed by atoms with Crippen LogP contribution in [-0.2, 0) is 20.7 Å². The molecule has 1 N–H and O–H groups in total. The Morgan fingerprint density at radius 3 is 2.70 bits per heavy atom. The number of hydrogen-bond donors (Lipinski definition) is 1. The Bertz CT molecular complexity index is 476. The van der Waals surface area contributed by atoms with E-state index in [9.17, 15) is 9.59 Å². The van der Waals surface area contributed by atoms with E-state index in [1.54, 1.807) is 26.2 Å². The fourth-order valence-electron chi connectivity index (χ4n) is 1.62. The van der Waals surface area contributed by atoms with Crippen LogP contribution in [0.5, 0.6) is 5.75 Å². The number of methoxy groups -OCH3 is 1. The number of ether oxygens (including phenoxy) is 2. The van der Waals surface area contributed by atoms with Gasteiger partial charge in [-0.25, -0.2) is 0 Å². The smallest absolute Gasteiger partial charge is 0.315 e. The summed E-state index contributed by atoms with van der Waals surface area (Å²) in [5.74, 6) is -0.248. The van der Waals surface area contributed by atoms with Crippen LogP contribution in [0, 0.1) is 0 Å². The quantitative estimate of drug-likeness (QED) is 0.617. The Labute approximate surface area is 123 Å². The maximum absolute atomic E-state index is 11.4. The summed E-state index contributed by atoms with van der Waals surface area (Å²) in [5.41, 5.74) is 0.979. The average Bonchev–Trinajstić information content (AvgIpc) is 2.39. The maximum atomic E-state index is 11.4. The molecular formula is C14H18ClNO4. The van der Waals surface area contributed by atoms with Gasteiger partial charge in [-0.05, 0) is 31.0 Å². The molecule has 5 nitrogen and oxygen atoms in total. The standard InChI is InChI=1S/C14H18ClNO4/c1-3-20-14(18)9-13(17)16-7-6-10-4-5-12(19-2)11(15)8-10/h4-5,8H,3,6-7,9H2,1-2H3,(H,16,17). The van der Waals surface area contributed by atoms with Crippen LogP contribution in [0.4, 0.5) is 0 Å². The van der Waals surface area contributed by atoms with Gasteiger partial charge in [0.1, 0.15) is 12.2 Å². The molecule has 110 valence electrons. The summed E-state index contributed by atoms with van der Waals surface area (Å²) in [6.45, 7) is 2.40. The minimum Gasteiger partial charge on any atom is -0.495 e. The van der Waals surface area contributed by atoms with E-state index in [2.05, 4.69) is 10.1 Å². The number of halogens is 1. The predicted molar refractivity (Wildman–Crippen MR) is 76.0 cm³/mol. The molecule has 0 aliphatic rings. The Kier molecular flexibility index (Phi) is 6.87. The van der Waals surface area contributed by atoms with Gasteiger partial charge in [-0.3, -0.25) is 9.59 Å². The normalized spacial score (nSPS) is 9.95. The summed E-state index contributed by atoms with van der Waals surface area (Å²) in [4.78, 5) is 22.5. The molecular weight excluding hydrogens is 282 g/mol. The first kappa shape index (κ1) is 16.3. The Morgan fingerprint density at radius 2 is 2.10 bits per heavy atom. The fourth-order valence-corrected chi connectivity index (χ4v) is 1.90. The molecule has 0 saturated heterocycles. The predicted octanol–water partition coefficient (Wildman–Crippen LogP) is 1.96. The summed E-state index contributed by atoms with van der Waals surface area (Å²) < 4.78 is 9.74. The molecule has 0 bridgehead atoms. The summed E-state index contributed by atoms with van der Waals surface area (Å²) >= 11 is 6.00. The van der Waals surface area contributed by atoms with E-state index in [0.29, 0.717) is 23.7 Å². The number of esters is 1. The van der Waals surface area contributed by atoms with Gasteiger partial charge in [0.25, 0.3) is 0 Å². The van der Waals surface area contributed by atoms with Crippen molar-refractivity contribution in [2.24, 2.45) is 0 Å². The molecule has 1 rings (SSSR count). The van der Waals surface area contributed by atoms with Gasteiger partial charge in [-0.1, -0.05) is 17.7 Å². The molecule has 6 heteroatoms. The van der Waals surface area contributed by atoms with E-state index in [4.69, 9.17) is 16.3 Å². The molecule has 0 aromatic heterocycles. The SMILES string of the molecule is CCOC(=O)CC(=O)NCCc1ccc(OC)c(Cl)c1. The molecule has 0 aliphatic carbocycles. The second-order valence-electron chi connectivity index (χ2n) is 4.05. The Morgan fingerprint density at radius 1 is 1.35 bits per heavy atom. The summed E-state index contributed by atoms with van der Waals surface area (Å²) in [5, 5.41) is 3.18. The van der Waals surface area contributed by atoms with Crippen molar-refractivity contribution in [3.05, 3.63) is 28.8 Å². The van der Waals surface area contributed by atoms with Gasteiger partial charge in [0, 0.05) is 6.54 Å². The second-order valence-corrected chi connectivity index (χ2v) is 4.46. The van der Waals surface area contributed by atoms with Gasteiger partial charge in [0.2, 0.25) is 5.91 Å². The van der Waals surface area contributed by atoms with Crippen molar-refractivity contribution >= 4 is 23.5 Å². The van der Waals surface area contributed by atoms with Crippen LogP contribution in [0.3, 0.4) is 0 Å². The van der Waals surface area contributed by atoms with Crippen LogP contribution in [-0.4, -0.2) is 32.1 Å². The van der Waals surface area contributed by atoms with Crippen molar-refractivity contribution in [2.45, 2.75) is 19.8 Å². The molecule has 0 saturated carbocycles. The molecule has 0 fully saturated rings. The fraction of sp³-hybridized carbons (Fsp3) is 0.429. The van der Waals surface area contributed by atoms with Crippen molar-refractivity contribution < 1.29 is 19.1 Å². The van der Waals surface area contributed by atoms with Gasteiger partial charge in [0.15, 0.2) is 0 Å². The molecule has 0 spiro atoms. The van der Waals surface area contributed by atoms with E-state index in [1.807, 2.05) is 6.07 Å². The highest BCUT2D eigenvalue weighted by Gasteiger charge is 2.09. The first-order valence-corrected chi connectivity index (χ1v) is 6.69. The highest BCUT2D eigenvalue weighted by molar-refractivity contribution is 6.32. The van der Waals surface area contributed by atoms with Gasteiger partial charge in [0.05, 0.1) is 18.7 Å². The highest BCUT2D eigenvalue weighted by Crippen LogP contribution is 2.24. The van der Waals surface area contributed by atoms with E-state index in [-0.39, 0.29) is 18.9 Å². The van der Waals surface area contributed by atoms with Crippen LogP contribution in [0.2, 0.25) is 5.02 Å². The molecule has 0 unspecified atom stereocenters. The minimum absolute atomic E-state index is 0.253. The number of carbonyl (C=O) groups is 2. The minimum atomic E-state index is -0.516. The molecule has 1 aromatic carbocycles. The molecule has 0 atom stereocenters. The van der Waals surface area contributed by atoms with Crippen LogP contribution < -0.4 is 10.1 Å². The number of benzene rings is 1. The van der Waals surface area contributed by atoms with E-state index in [0.717, 1.165) is 5.56 Å². The molecule has 0 radical (unpaired) electrons. The van der Waals surface area contributed by atoms with Crippen molar-refractivity contribution in [2.75, 3.05) is 20.3 Å². The number of amides is 1. The summed E-state index contributed by atoms with van der Waals surface area (Å²) in [7, 11) is 1.55. The average molecular weight is 300 g/mol. The third kappa shape index (κ3) is 5.48. The Hall–Kier alpha value is -1.75. The van der Waals surface area contributed by atoms with Crippen molar-refractivity contribution in [1.29, 1.82) is 0 Å². The van der Waals surface area contributed by atoms with Gasteiger partial charge >= 0.3 is 5.97 Å². The highest BCUT2D eigenvalue weighted by atomic mass is 35.5. The topological polar surface area (TPSA) is 64.6 Å². The van der Waals surface area contributed by atoms with Crippen LogP contribution in [0.25, 0.3) is 0 Å². The zero-order valence-electron chi connectivity index (χ0n) is 11.6. The van der Waals surface area contributed by atoms with Crippen LogP contribution in [0.15, 0.2) is 18.2 Å². The van der Waals surface area contributed by atoms with Crippen molar-refractivity contribution in [1.82, 2.24) is 5.32 Å². The number of carbonyl (C=O) groups excluding carboxylic acids is 2. The van der Waals surface area contributed by atoms with E-state index in [1.165, 1.54) is 0 Å². The van der Waals surface area contributed by atoms with Crippen molar-refractivity contribution in [3.8, 4) is 5.75 Å². The molecule has 1 amide bonds. The monoisotopic (exact) mass is 299 g/mol. The largest absolute Gasteiger partial charge is 0.495 e. The van der Waals surface area contributed by atoms with Crippen molar-refractivity contribution in [3.63, 3.8) is 0 Å². The number of rotatable bonds is 7. The van der Waals surface area contributed by atoms with Gasteiger partial charge in [-0.15, -0.1) is 0 Å². The molecule has 0 aliphatic heterocycles. The lowest BCUT2D eigenvalue weighted by molar-refractivity contribution is -0.145. The molecule has 1 aromatic rings. The van der Waals surface area contributed by atoms with Crippen LogP contribution in [0.1, 0.15) is 18.9 Å². The zero-order valence-corrected chi connectivity index (χ0v) is 12.3. The van der Waals surface area contributed by atoms with Gasteiger partial charge < -0.3 is 14.8 Å². The van der Waals surface area contributed by atoms with Gasteiger partial charge in [-0.2, -0.15) is 0 Å². The van der Waals surface area contributed by atoms with E-state index < -0.39 is 5.97 Å². The number of hydrogen-bond acceptors (Lipinski definition) is 4.